The number of nitrogens with zero attached hydrogens (tertiary/aromatic N) is 2. The van der Waals surface area contributed by atoms with Gasteiger partial charge in [0.05, 0.1) is 34.2 Å². The fraction of sp³-hybridized carbons (Fsp3) is 0.0789. The van der Waals surface area contributed by atoms with Gasteiger partial charge in [-0.15, -0.1) is 0 Å². The molecule has 0 amide bonds. The van der Waals surface area contributed by atoms with Gasteiger partial charge in [0.25, 0.3) is 0 Å². The van der Waals surface area contributed by atoms with Gasteiger partial charge in [-0.05, 0) is 89.8 Å². The van der Waals surface area contributed by atoms with Gasteiger partial charge in [0.15, 0.2) is 0 Å². The van der Waals surface area contributed by atoms with Crippen LogP contribution in [0.3, 0.4) is 0 Å². The summed E-state index contributed by atoms with van der Waals surface area (Å²) in [5.74, 6) is 0. The van der Waals surface area contributed by atoms with Crippen molar-refractivity contribution in [2.45, 2.75) is 18.9 Å². The number of fused-ring (bicyclic) bond motifs is 3. The lowest BCUT2D eigenvalue weighted by atomic mass is 9.97. The van der Waals surface area contributed by atoms with Crippen LogP contribution in [-0.2, 0) is 6.42 Å². The summed E-state index contributed by atoms with van der Waals surface area (Å²) in [6.07, 6.45) is 17.0. The SMILES string of the molecule is C1=CN[C@@H](c2cc(-c3cccc(-n4c5c(c6[nH]ccc64)CCC=C5)c3)cc(-c3cccc(-c4ccccc4)c3)n2)C=C1. The van der Waals surface area contributed by atoms with Gasteiger partial charge in [-0.2, -0.15) is 0 Å². The Morgan fingerprint density at radius 3 is 2.45 bits per heavy atom. The predicted octanol–water partition coefficient (Wildman–Crippen LogP) is 9.03. The minimum atomic E-state index is 0.00951. The first-order valence-electron chi connectivity index (χ1n) is 14.6. The summed E-state index contributed by atoms with van der Waals surface area (Å²) in [5.41, 5.74) is 14.1. The third-order valence-corrected chi connectivity index (χ3v) is 8.31. The molecule has 2 N–H and O–H groups in total. The molecule has 1 atom stereocenters. The second-order valence-corrected chi connectivity index (χ2v) is 10.9. The number of aromatic amines is 1. The average molecular weight is 543 g/mol. The molecule has 0 unspecified atom stereocenters. The molecule has 0 radical (unpaired) electrons. The molecule has 0 saturated heterocycles. The molecule has 3 aromatic carbocycles. The van der Waals surface area contributed by atoms with Crippen LogP contribution >= 0.6 is 0 Å². The number of allylic oxidation sites excluding steroid dienone is 3. The van der Waals surface area contributed by atoms with Crippen LogP contribution in [0, 0.1) is 0 Å². The van der Waals surface area contributed by atoms with Gasteiger partial charge in [0.1, 0.15) is 0 Å². The molecule has 42 heavy (non-hydrogen) atoms. The van der Waals surface area contributed by atoms with Gasteiger partial charge in [-0.25, -0.2) is 0 Å². The summed E-state index contributed by atoms with van der Waals surface area (Å²) in [6, 6.07) is 34.7. The van der Waals surface area contributed by atoms with Crippen molar-refractivity contribution >= 4 is 17.1 Å². The van der Waals surface area contributed by atoms with Crippen LogP contribution in [0.2, 0.25) is 0 Å². The largest absolute Gasteiger partial charge is 0.379 e. The Hall–Kier alpha value is -5.35. The minimum Gasteiger partial charge on any atom is -0.379 e. The Balaban J connectivity index is 1.27. The lowest BCUT2D eigenvalue weighted by Gasteiger charge is -2.18. The maximum atomic E-state index is 5.19. The van der Waals surface area contributed by atoms with Gasteiger partial charge in [0.2, 0.25) is 0 Å². The molecule has 0 saturated carbocycles. The van der Waals surface area contributed by atoms with Crippen molar-refractivity contribution in [2.75, 3.05) is 0 Å². The lowest BCUT2D eigenvalue weighted by Crippen LogP contribution is -2.16. The molecule has 0 fully saturated rings. The van der Waals surface area contributed by atoms with E-state index in [4.69, 9.17) is 4.98 Å². The van der Waals surface area contributed by atoms with Gasteiger partial charge < -0.3 is 14.9 Å². The third-order valence-electron chi connectivity index (χ3n) is 8.31. The Kier molecular flexibility index (Phi) is 5.96. The number of benzene rings is 3. The van der Waals surface area contributed by atoms with E-state index in [-0.39, 0.29) is 6.04 Å². The van der Waals surface area contributed by atoms with Crippen LogP contribution in [0.1, 0.15) is 29.4 Å². The molecule has 202 valence electrons. The number of pyridine rings is 1. The fourth-order valence-corrected chi connectivity index (χ4v) is 6.28. The number of aromatic nitrogens is 3. The molecular weight excluding hydrogens is 512 g/mol. The molecular formula is C38H30N4. The number of H-pyrrole nitrogens is 1. The van der Waals surface area contributed by atoms with E-state index in [1.54, 1.807) is 0 Å². The molecule has 1 aliphatic carbocycles. The van der Waals surface area contributed by atoms with Crippen LogP contribution in [0.5, 0.6) is 0 Å². The zero-order valence-corrected chi connectivity index (χ0v) is 23.2. The quantitative estimate of drug-likeness (QED) is 0.228. The number of hydrogen-bond acceptors (Lipinski definition) is 2. The topological polar surface area (TPSA) is 45.6 Å². The zero-order valence-electron chi connectivity index (χ0n) is 23.2. The molecule has 0 spiro atoms. The summed E-state index contributed by atoms with van der Waals surface area (Å²) >= 11 is 0. The Morgan fingerprint density at radius 2 is 1.57 bits per heavy atom. The highest BCUT2D eigenvalue weighted by atomic mass is 15.0. The van der Waals surface area contributed by atoms with E-state index in [1.807, 2.05) is 18.5 Å². The molecule has 4 heteroatoms. The monoisotopic (exact) mass is 542 g/mol. The van der Waals surface area contributed by atoms with Crippen molar-refractivity contribution in [3.8, 4) is 39.2 Å². The molecule has 0 bridgehead atoms. The third kappa shape index (κ3) is 4.29. The first kappa shape index (κ1) is 24.4. The Bertz CT molecular complexity index is 2020. The predicted molar refractivity (Wildman–Crippen MR) is 173 cm³/mol. The van der Waals surface area contributed by atoms with Crippen molar-refractivity contribution in [2.24, 2.45) is 0 Å². The van der Waals surface area contributed by atoms with Crippen LogP contribution in [0.25, 0.3) is 56.3 Å². The standard InChI is InChI=1S/C38H30N4/c1-2-10-26(11-3-1)27-12-8-14-29(22-27)34-24-30(25-35(41-34)33-17-6-7-20-39-33)28-13-9-15-31(23-28)42-36-18-5-4-16-32(36)38-37(42)19-21-40-38/h1-3,5-15,17-25,33,39-40H,4,16H2/t33-/m1/s1. The van der Waals surface area contributed by atoms with E-state index >= 15 is 0 Å². The highest BCUT2D eigenvalue weighted by Crippen LogP contribution is 2.36. The van der Waals surface area contributed by atoms with E-state index in [1.165, 1.54) is 33.4 Å². The summed E-state index contributed by atoms with van der Waals surface area (Å²) in [6.45, 7) is 0. The Labute approximate surface area is 245 Å². The molecule has 8 rings (SSSR count). The van der Waals surface area contributed by atoms with Crippen molar-refractivity contribution < 1.29 is 0 Å². The van der Waals surface area contributed by atoms with Crippen LogP contribution in [0.4, 0.5) is 0 Å². The summed E-state index contributed by atoms with van der Waals surface area (Å²) < 4.78 is 2.39. The number of aryl methyl sites for hydroxylation is 1. The van der Waals surface area contributed by atoms with Gasteiger partial charge in [0, 0.05) is 23.0 Å². The lowest BCUT2D eigenvalue weighted by molar-refractivity contribution is 0.722. The van der Waals surface area contributed by atoms with E-state index < -0.39 is 0 Å². The van der Waals surface area contributed by atoms with Crippen LogP contribution in [0.15, 0.2) is 134 Å². The summed E-state index contributed by atoms with van der Waals surface area (Å²) in [5, 5.41) is 3.47. The average Bonchev–Trinajstić information content (AvgIpc) is 3.67. The van der Waals surface area contributed by atoms with Crippen molar-refractivity contribution in [3.63, 3.8) is 0 Å². The molecule has 3 aromatic heterocycles. The molecule has 1 aliphatic heterocycles. The fourth-order valence-electron chi connectivity index (χ4n) is 6.28. The molecule has 2 aliphatic rings. The first-order chi connectivity index (χ1) is 20.8. The smallest absolute Gasteiger partial charge is 0.0869 e. The normalized spacial score (nSPS) is 15.6. The van der Waals surface area contributed by atoms with Crippen molar-refractivity contribution in [3.05, 3.63) is 151 Å². The van der Waals surface area contributed by atoms with Crippen molar-refractivity contribution in [1.29, 1.82) is 0 Å². The molecule has 4 heterocycles. The maximum absolute atomic E-state index is 5.19. The van der Waals surface area contributed by atoms with Gasteiger partial charge in [-0.3, -0.25) is 4.98 Å². The summed E-state index contributed by atoms with van der Waals surface area (Å²) in [4.78, 5) is 8.67. The van der Waals surface area contributed by atoms with Crippen LogP contribution < -0.4 is 5.32 Å². The first-order valence-corrected chi connectivity index (χ1v) is 14.6. The van der Waals surface area contributed by atoms with E-state index in [2.05, 4.69) is 136 Å². The van der Waals surface area contributed by atoms with Crippen LogP contribution in [-0.4, -0.2) is 14.5 Å². The van der Waals surface area contributed by atoms with Gasteiger partial charge >= 0.3 is 0 Å². The number of rotatable bonds is 5. The second kappa shape index (κ2) is 10.2. The van der Waals surface area contributed by atoms with E-state index in [9.17, 15) is 0 Å². The highest BCUT2D eigenvalue weighted by Gasteiger charge is 2.20. The van der Waals surface area contributed by atoms with E-state index in [0.717, 1.165) is 46.6 Å². The van der Waals surface area contributed by atoms with Gasteiger partial charge in [-0.1, -0.05) is 78.9 Å². The number of hydrogen-bond donors (Lipinski definition) is 2. The summed E-state index contributed by atoms with van der Waals surface area (Å²) in [7, 11) is 0. The maximum Gasteiger partial charge on any atom is 0.0869 e. The second-order valence-electron chi connectivity index (χ2n) is 10.9. The Morgan fingerprint density at radius 1 is 0.738 bits per heavy atom. The molecule has 6 aromatic rings. The number of nitrogens with one attached hydrogen (secondary N) is 2. The van der Waals surface area contributed by atoms with Crippen molar-refractivity contribution in [1.82, 2.24) is 19.9 Å². The number of dihydropyridines is 1. The minimum absolute atomic E-state index is 0.00951. The molecule has 4 nitrogen and oxygen atoms in total. The zero-order chi connectivity index (χ0) is 27.9. The highest BCUT2D eigenvalue weighted by molar-refractivity contribution is 5.88. The van der Waals surface area contributed by atoms with E-state index in [0.29, 0.717) is 0 Å².